The number of carboxylic acids is 1. The van der Waals surface area contributed by atoms with Gasteiger partial charge in [-0.25, -0.2) is 37.5 Å². The maximum absolute atomic E-state index is 14.4. The number of piperidine rings is 3. The minimum atomic E-state index is -2.29. The molecule has 3 aromatic rings. The molecule has 4 unspecified atom stereocenters. The molecule has 0 aliphatic carbocycles. The Morgan fingerprint density at radius 1 is 0.594 bits per heavy atom. The normalized spacial score (nSPS) is 18.5. The van der Waals surface area contributed by atoms with E-state index in [0.29, 0.717) is 51.5 Å². The van der Waals surface area contributed by atoms with Crippen molar-refractivity contribution in [2.75, 3.05) is 68.5 Å². The summed E-state index contributed by atoms with van der Waals surface area (Å²) in [6.45, 7) is 25.7. The molecule has 3 aliphatic rings. The van der Waals surface area contributed by atoms with Crippen LogP contribution in [0.5, 0.6) is 5.75 Å². The van der Waals surface area contributed by atoms with E-state index in [1.807, 2.05) is 102 Å². The van der Waals surface area contributed by atoms with Crippen molar-refractivity contribution in [2.45, 2.75) is 247 Å². The van der Waals surface area contributed by atoms with Gasteiger partial charge < -0.3 is 38.6 Å². The number of hydrogen-bond donors (Lipinski definition) is 1. The summed E-state index contributed by atoms with van der Waals surface area (Å²) in [4.78, 5) is 133. The number of nitrogens with zero attached hydrogens (tertiary/aromatic N) is 10. The molecule has 3 saturated heterocycles. The van der Waals surface area contributed by atoms with Crippen molar-refractivity contribution >= 4 is 76.1 Å². The lowest BCUT2D eigenvalue weighted by molar-refractivity contribution is -0.161. The van der Waals surface area contributed by atoms with E-state index in [1.165, 1.54) is 41.8 Å². The molecule has 0 bridgehead atoms. The van der Waals surface area contributed by atoms with Gasteiger partial charge in [0.1, 0.15) is 18.1 Å². The monoisotopic (exact) mass is 1540 g/mol. The van der Waals surface area contributed by atoms with Crippen LogP contribution in [0.1, 0.15) is 241 Å². The predicted octanol–water partition coefficient (Wildman–Crippen LogP) is 14.3. The fraction of sp³-hybridized carbons (Fsp3) is 0.716. The number of halogens is 5. The molecule has 6 rings (SSSR count). The number of thiazole rings is 2. The first-order valence-electron chi connectivity index (χ1n) is 36.7. The van der Waals surface area contributed by atoms with Gasteiger partial charge in [-0.2, -0.15) is 8.78 Å². The second-order valence-corrected chi connectivity index (χ2v) is 30.0. The number of esters is 5. The van der Waals surface area contributed by atoms with Crippen LogP contribution < -0.4 is 4.74 Å². The summed E-state index contributed by atoms with van der Waals surface area (Å²) in [6, 6.07) is -2.64. The van der Waals surface area contributed by atoms with Crippen LogP contribution in [0.3, 0.4) is 0 Å². The smallest absolute Gasteiger partial charge is 0.357 e. The van der Waals surface area contributed by atoms with E-state index in [1.54, 1.807) is 27.6 Å². The molecule has 596 valence electrons. The van der Waals surface area contributed by atoms with Crippen LogP contribution in [0.25, 0.3) is 10.4 Å². The number of ether oxygens (including phenoxy) is 5. The van der Waals surface area contributed by atoms with E-state index in [0.717, 1.165) is 74.5 Å². The van der Waals surface area contributed by atoms with Gasteiger partial charge in [0.05, 0.1) is 30.3 Å². The van der Waals surface area contributed by atoms with Gasteiger partial charge in [0, 0.05) is 64.8 Å². The molecule has 25 nitrogen and oxygen atoms in total. The first kappa shape index (κ1) is 93.0. The van der Waals surface area contributed by atoms with Gasteiger partial charge in [0.25, 0.3) is 0 Å². The topological polar surface area (TPSA) is 311 Å². The Morgan fingerprint density at radius 2 is 0.991 bits per heavy atom. The molecule has 2 aromatic heterocycles. The van der Waals surface area contributed by atoms with Crippen LogP contribution in [0.4, 0.5) is 22.0 Å². The molecule has 0 saturated carbocycles. The predicted molar refractivity (Wildman–Crippen MR) is 391 cm³/mol. The van der Waals surface area contributed by atoms with Crippen molar-refractivity contribution in [3.8, 4) is 5.75 Å². The number of rotatable bonds is 33. The minimum absolute atomic E-state index is 0.0130. The van der Waals surface area contributed by atoms with Gasteiger partial charge in [-0.15, -0.1) is 22.7 Å². The molecule has 3 aliphatic heterocycles. The van der Waals surface area contributed by atoms with Crippen LogP contribution in [0.2, 0.25) is 0 Å². The third kappa shape index (κ3) is 27.8. The van der Waals surface area contributed by atoms with Crippen LogP contribution in [0, 0.1) is 58.7 Å². The highest BCUT2D eigenvalue weighted by atomic mass is 32.1. The number of benzene rings is 1. The largest absolute Gasteiger partial charge is 0.480 e. The fourth-order valence-corrected chi connectivity index (χ4v) is 14.4. The third-order valence-electron chi connectivity index (χ3n) is 19.7. The van der Waals surface area contributed by atoms with Gasteiger partial charge in [-0.1, -0.05) is 120 Å². The summed E-state index contributed by atoms with van der Waals surface area (Å²) >= 11 is 2.74. The SMILES string of the molecule is CCCC(=O)OCN(C(=O)C(N=[N+]=[N-])[C@@H](C)CC)[C@H](C[C@@H](C)c1nc(C(=O)OC)cs1)C(C)C.CCCC(=O)OCN(C(=O)[C@@H](CC(=O)C1CCCCN1C)[C@@H](C)CC)[C@H](C[C@@H](C)c1nc(C(=O)OC)cs1)C(C)C.CN1CCCCC1C(=O)O.CN1CCCCC1C(=O)Oc1c(F)c(F)c(F)c(F)c1F. The summed E-state index contributed by atoms with van der Waals surface area (Å²) in [5, 5.41) is 17.3. The lowest BCUT2D eigenvalue weighted by Crippen LogP contribution is -2.50. The zero-order valence-corrected chi connectivity index (χ0v) is 66.4. The molecule has 11 atom stereocenters. The summed E-state index contributed by atoms with van der Waals surface area (Å²) in [5.41, 5.74) is 9.58. The maximum atomic E-state index is 14.4. The molecular weight excluding hydrogens is 1430 g/mol. The zero-order valence-electron chi connectivity index (χ0n) is 64.8. The number of likely N-dealkylation sites (tertiary alicyclic amines) is 3. The molecule has 5 heterocycles. The minimum Gasteiger partial charge on any atom is -0.480 e. The second kappa shape index (κ2) is 46.9. The number of ketones is 1. The van der Waals surface area contributed by atoms with Gasteiger partial charge >= 0.3 is 35.8 Å². The molecule has 1 N–H and O–H groups in total. The Balaban J connectivity index is 0.000000400. The average Bonchev–Trinajstić information content (AvgIpc) is 1.14. The summed E-state index contributed by atoms with van der Waals surface area (Å²) in [7, 11) is 8.11. The van der Waals surface area contributed by atoms with Gasteiger partial charge in [0.2, 0.25) is 46.6 Å². The summed E-state index contributed by atoms with van der Waals surface area (Å²) in [5.74, 6) is -17.1. The quantitative estimate of drug-likeness (QED) is 0.00566. The molecule has 0 radical (unpaired) electrons. The zero-order chi connectivity index (χ0) is 79.8. The number of likely N-dealkylation sites (N-methyl/N-ethyl adjacent to an activating group) is 3. The third-order valence-corrected chi connectivity index (χ3v) is 21.9. The molecular formula is C74H113F5N10O15S2. The van der Waals surface area contributed by atoms with Gasteiger partial charge in [0.15, 0.2) is 30.6 Å². The van der Waals surface area contributed by atoms with Crippen LogP contribution >= 0.6 is 22.7 Å². The molecule has 3 fully saturated rings. The van der Waals surface area contributed by atoms with Crippen LogP contribution in [-0.4, -0.2) is 198 Å². The van der Waals surface area contributed by atoms with E-state index in [-0.39, 0.29) is 133 Å². The lowest BCUT2D eigenvalue weighted by Gasteiger charge is -2.39. The van der Waals surface area contributed by atoms with Crippen molar-refractivity contribution in [2.24, 2.45) is 34.7 Å². The number of carbonyl (C=O) groups is 9. The number of azide groups is 1. The lowest BCUT2D eigenvalue weighted by atomic mass is 9.82. The number of methoxy groups -OCH3 is 2. The number of hydrogen-bond acceptors (Lipinski definition) is 22. The Kier molecular flexibility index (Phi) is 41.1. The highest BCUT2D eigenvalue weighted by Crippen LogP contribution is 2.36. The molecule has 1 aromatic carbocycles. The second-order valence-electron chi connectivity index (χ2n) is 28.3. The number of aromatic nitrogens is 2. The van der Waals surface area contributed by atoms with Crippen LogP contribution in [-0.2, 0) is 52.5 Å². The molecule has 106 heavy (non-hydrogen) atoms. The van der Waals surface area contributed by atoms with Crippen molar-refractivity contribution in [3.05, 3.63) is 71.7 Å². The molecule has 2 amide bonds. The van der Waals surface area contributed by atoms with Crippen molar-refractivity contribution in [3.63, 3.8) is 0 Å². The number of carbonyl (C=O) groups excluding carboxylic acids is 8. The number of amides is 2. The molecule has 0 spiro atoms. The summed E-state index contributed by atoms with van der Waals surface area (Å²) < 4.78 is 90.8. The Bertz CT molecular complexity index is 3370. The van der Waals surface area contributed by atoms with Gasteiger partial charge in [-0.3, -0.25) is 43.5 Å². The van der Waals surface area contributed by atoms with Crippen molar-refractivity contribution in [1.29, 1.82) is 0 Å². The standard InChI is InChI=1S/C31H51N3O6S.C23H37N5O5S.C13H12F5NO2.C7H13NO2/c1-9-13-28(36)40-19-34(26(20(3)4)16-22(6)29-32-24(18-41-29)31(38)39-8)30(37)23(21(5)10-2)17-27(35)25-14-11-12-15-33(25)7;1-8-10-19(29)33-13-28(22(30)20(26-27-24)15(5)9-2)18(14(3)4)11-16(6)21-25-17(12-34-21)23(31)32-7;1-19-5-3-2-4-6(19)13(20)21-12-10(17)8(15)7(14)9(16)11(12)18;1-8-5-3-2-4-6(8)7(9)10/h18,20-23,25-26H,9-17,19H2,1-8H3;12,14-16,18,20H,8-11,13H2,1-7H3;6H,2-5H2,1H3;6H,2-5H2,1H3,(H,9,10)/t21-,22+,23-,25?,26+;15-,16+,18+,20?;;/m00../s1. The summed E-state index contributed by atoms with van der Waals surface area (Å²) in [6.07, 6.45) is 12.4. The van der Waals surface area contributed by atoms with Crippen molar-refractivity contribution in [1.82, 2.24) is 34.5 Å². The maximum Gasteiger partial charge on any atom is 0.357 e. The van der Waals surface area contributed by atoms with Gasteiger partial charge in [-0.05, 0) is 134 Å². The number of aliphatic carboxylic acids is 1. The van der Waals surface area contributed by atoms with Crippen LogP contribution in [0.15, 0.2) is 15.9 Å². The molecule has 32 heteroatoms. The number of Topliss-reactive ketones (excluding diaryl/α,β-unsaturated/α-hetero) is 1. The Labute approximate surface area is 628 Å². The fourth-order valence-electron chi connectivity index (χ4n) is 12.7. The Morgan fingerprint density at radius 3 is 1.35 bits per heavy atom. The first-order valence-corrected chi connectivity index (χ1v) is 38.5. The van der Waals surface area contributed by atoms with Crippen molar-refractivity contribution < 1.29 is 93.9 Å². The van der Waals surface area contributed by atoms with E-state index in [9.17, 15) is 65.1 Å². The highest BCUT2D eigenvalue weighted by Gasteiger charge is 2.41. The first-order chi connectivity index (χ1) is 50.1. The average molecular weight is 1540 g/mol. The highest BCUT2D eigenvalue weighted by molar-refractivity contribution is 7.10. The van der Waals surface area contributed by atoms with E-state index >= 15 is 0 Å². The van der Waals surface area contributed by atoms with E-state index in [4.69, 9.17) is 29.6 Å². The van der Waals surface area contributed by atoms with E-state index in [2.05, 4.69) is 29.6 Å². The Hall–Kier alpha value is -7.25. The van der Waals surface area contributed by atoms with E-state index < -0.39 is 76.7 Å². The number of carboxylic acid groups (broad SMARTS) is 1.